The molecule has 0 aromatic carbocycles. The molecule has 19 heavy (non-hydrogen) atoms. The van der Waals surface area contributed by atoms with Gasteiger partial charge in [0.1, 0.15) is 0 Å². The smallest absolute Gasteiger partial charge is 0.237 e. The minimum atomic E-state index is -0.914. The van der Waals surface area contributed by atoms with Crippen molar-refractivity contribution in [2.75, 3.05) is 6.61 Å². The Morgan fingerprint density at radius 2 is 2.05 bits per heavy atom. The van der Waals surface area contributed by atoms with E-state index in [1.165, 1.54) is 6.42 Å². The second-order valence-corrected chi connectivity index (χ2v) is 7.29. The van der Waals surface area contributed by atoms with Gasteiger partial charge in [-0.25, -0.2) is 0 Å². The summed E-state index contributed by atoms with van der Waals surface area (Å²) in [5.41, 5.74) is 10.5. The maximum absolute atomic E-state index is 11.1. The first-order valence-electron chi connectivity index (χ1n) is 7.33. The van der Waals surface area contributed by atoms with Crippen LogP contribution in [0.25, 0.3) is 0 Å². The third kappa shape index (κ3) is 5.49. The fourth-order valence-electron chi connectivity index (χ4n) is 3.20. The first-order chi connectivity index (χ1) is 8.62. The molecule has 1 rings (SSSR count). The number of hydrogen-bond donors (Lipinski definition) is 2. The van der Waals surface area contributed by atoms with Crippen LogP contribution in [0.4, 0.5) is 0 Å². The highest BCUT2D eigenvalue weighted by molar-refractivity contribution is 5.83. The molecule has 1 aliphatic carbocycles. The van der Waals surface area contributed by atoms with Gasteiger partial charge < -0.3 is 16.2 Å². The molecule has 1 amide bonds. The quantitative estimate of drug-likeness (QED) is 0.726. The molecule has 0 spiro atoms. The summed E-state index contributed by atoms with van der Waals surface area (Å²) in [4.78, 5) is 11.1. The Hall–Kier alpha value is -0.610. The Morgan fingerprint density at radius 1 is 1.42 bits per heavy atom. The fourth-order valence-corrected chi connectivity index (χ4v) is 3.20. The topological polar surface area (TPSA) is 78.3 Å². The third-order valence-electron chi connectivity index (χ3n) is 4.10. The van der Waals surface area contributed by atoms with E-state index >= 15 is 0 Å². The second-order valence-electron chi connectivity index (χ2n) is 7.29. The van der Waals surface area contributed by atoms with Gasteiger partial charge in [-0.05, 0) is 50.4 Å². The van der Waals surface area contributed by atoms with E-state index in [0.29, 0.717) is 24.5 Å². The SMILES string of the molecule is CC1CC(OCCCC(C)(N)C(N)=O)CC(C)(C)C1. The molecule has 1 aliphatic rings. The number of ether oxygens (including phenoxy) is 1. The molecule has 1 saturated carbocycles. The van der Waals surface area contributed by atoms with E-state index in [-0.39, 0.29) is 0 Å². The van der Waals surface area contributed by atoms with Crippen LogP contribution < -0.4 is 11.5 Å². The van der Waals surface area contributed by atoms with Crippen LogP contribution in [0.1, 0.15) is 59.8 Å². The average Bonchev–Trinajstić information content (AvgIpc) is 2.21. The number of hydrogen-bond acceptors (Lipinski definition) is 3. The molecule has 4 N–H and O–H groups in total. The summed E-state index contributed by atoms with van der Waals surface area (Å²) >= 11 is 0. The van der Waals surface area contributed by atoms with Crippen LogP contribution in [-0.2, 0) is 9.53 Å². The van der Waals surface area contributed by atoms with Crippen LogP contribution in [0.15, 0.2) is 0 Å². The highest BCUT2D eigenvalue weighted by Gasteiger charge is 2.32. The normalized spacial score (nSPS) is 29.7. The molecule has 3 atom stereocenters. The summed E-state index contributed by atoms with van der Waals surface area (Å²) in [6.45, 7) is 9.25. The molecule has 0 heterocycles. The van der Waals surface area contributed by atoms with E-state index < -0.39 is 11.4 Å². The predicted molar refractivity (Wildman–Crippen MR) is 77.6 cm³/mol. The number of nitrogens with two attached hydrogens (primary N) is 2. The molecule has 0 aliphatic heterocycles. The Labute approximate surface area is 117 Å². The molecule has 0 aromatic rings. The summed E-state index contributed by atoms with van der Waals surface area (Å²) in [5.74, 6) is 0.277. The first-order valence-corrected chi connectivity index (χ1v) is 7.33. The zero-order valence-electron chi connectivity index (χ0n) is 12.9. The van der Waals surface area contributed by atoms with Gasteiger partial charge in [-0.1, -0.05) is 20.8 Å². The van der Waals surface area contributed by atoms with Crippen molar-refractivity contribution in [3.05, 3.63) is 0 Å². The molecule has 3 unspecified atom stereocenters. The largest absolute Gasteiger partial charge is 0.378 e. The Bertz CT molecular complexity index is 313. The molecule has 4 heteroatoms. The summed E-state index contributed by atoms with van der Waals surface area (Å²) in [5, 5.41) is 0. The Balaban J connectivity index is 2.28. The van der Waals surface area contributed by atoms with Crippen molar-refractivity contribution in [3.8, 4) is 0 Å². The van der Waals surface area contributed by atoms with Crippen molar-refractivity contribution in [3.63, 3.8) is 0 Å². The summed E-state index contributed by atoms with van der Waals surface area (Å²) in [6.07, 6.45) is 5.23. The molecular formula is C15H30N2O2. The molecule has 0 radical (unpaired) electrons. The van der Waals surface area contributed by atoms with Crippen LogP contribution in [0.3, 0.4) is 0 Å². The number of rotatable bonds is 6. The lowest BCUT2D eigenvalue weighted by Gasteiger charge is -2.38. The van der Waals surface area contributed by atoms with Gasteiger partial charge in [0.25, 0.3) is 0 Å². The van der Waals surface area contributed by atoms with Crippen molar-refractivity contribution in [2.45, 2.75) is 71.4 Å². The van der Waals surface area contributed by atoms with Gasteiger partial charge in [-0.15, -0.1) is 0 Å². The highest BCUT2D eigenvalue weighted by Crippen LogP contribution is 2.39. The Morgan fingerprint density at radius 3 is 2.58 bits per heavy atom. The van der Waals surface area contributed by atoms with Gasteiger partial charge in [0.15, 0.2) is 0 Å². The van der Waals surface area contributed by atoms with Crippen molar-refractivity contribution in [2.24, 2.45) is 22.8 Å². The van der Waals surface area contributed by atoms with E-state index in [1.54, 1.807) is 6.92 Å². The van der Waals surface area contributed by atoms with Crippen molar-refractivity contribution in [1.29, 1.82) is 0 Å². The van der Waals surface area contributed by atoms with Crippen LogP contribution >= 0.6 is 0 Å². The summed E-state index contributed by atoms with van der Waals surface area (Å²) in [7, 11) is 0. The second kappa shape index (κ2) is 6.23. The predicted octanol–water partition coefficient (Wildman–Crippen LogP) is 2.20. The van der Waals surface area contributed by atoms with Crippen LogP contribution in [0.5, 0.6) is 0 Å². The molecule has 0 aromatic heterocycles. The lowest BCUT2D eigenvalue weighted by atomic mass is 9.71. The van der Waals surface area contributed by atoms with Gasteiger partial charge in [-0.2, -0.15) is 0 Å². The van der Waals surface area contributed by atoms with E-state index in [0.717, 1.165) is 25.2 Å². The maximum atomic E-state index is 11.1. The standard InChI is InChI=1S/C15H30N2O2/c1-11-8-12(10-14(2,3)9-11)19-7-5-6-15(4,17)13(16)18/h11-12H,5-10,17H2,1-4H3,(H2,16,18). The van der Waals surface area contributed by atoms with Crippen molar-refractivity contribution >= 4 is 5.91 Å². The monoisotopic (exact) mass is 270 g/mol. The fraction of sp³-hybridized carbons (Fsp3) is 0.933. The molecule has 0 bridgehead atoms. The summed E-state index contributed by atoms with van der Waals surface area (Å²) in [6, 6.07) is 0. The first kappa shape index (κ1) is 16.4. The molecule has 1 fully saturated rings. The minimum Gasteiger partial charge on any atom is -0.378 e. The van der Waals surface area contributed by atoms with Crippen molar-refractivity contribution in [1.82, 2.24) is 0 Å². The van der Waals surface area contributed by atoms with Gasteiger partial charge in [0.2, 0.25) is 5.91 Å². The van der Waals surface area contributed by atoms with E-state index in [4.69, 9.17) is 16.2 Å². The van der Waals surface area contributed by atoms with E-state index in [1.807, 2.05) is 0 Å². The number of amides is 1. The number of primary amides is 1. The summed E-state index contributed by atoms with van der Waals surface area (Å²) < 4.78 is 5.96. The highest BCUT2D eigenvalue weighted by atomic mass is 16.5. The lowest BCUT2D eigenvalue weighted by Crippen LogP contribution is -2.49. The zero-order valence-corrected chi connectivity index (χ0v) is 12.9. The van der Waals surface area contributed by atoms with Crippen molar-refractivity contribution < 1.29 is 9.53 Å². The molecule has 0 saturated heterocycles. The van der Waals surface area contributed by atoms with Gasteiger partial charge in [0, 0.05) is 6.61 Å². The zero-order chi connectivity index (χ0) is 14.7. The maximum Gasteiger partial charge on any atom is 0.237 e. The number of carbonyl (C=O) groups is 1. The van der Waals surface area contributed by atoms with Gasteiger partial charge in [0.05, 0.1) is 11.6 Å². The van der Waals surface area contributed by atoms with E-state index in [9.17, 15) is 4.79 Å². The van der Waals surface area contributed by atoms with E-state index in [2.05, 4.69) is 20.8 Å². The molecule has 112 valence electrons. The van der Waals surface area contributed by atoms with Crippen LogP contribution in [-0.4, -0.2) is 24.2 Å². The Kier molecular flexibility index (Phi) is 5.39. The third-order valence-corrected chi connectivity index (χ3v) is 4.10. The average molecular weight is 270 g/mol. The van der Waals surface area contributed by atoms with Gasteiger partial charge in [-0.3, -0.25) is 4.79 Å². The lowest BCUT2D eigenvalue weighted by molar-refractivity contribution is -0.122. The van der Waals surface area contributed by atoms with Gasteiger partial charge >= 0.3 is 0 Å². The van der Waals surface area contributed by atoms with Crippen LogP contribution in [0.2, 0.25) is 0 Å². The number of carbonyl (C=O) groups excluding carboxylic acids is 1. The van der Waals surface area contributed by atoms with Crippen LogP contribution in [0, 0.1) is 11.3 Å². The minimum absolute atomic E-state index is 0.344. The molecule has 4 nitrogen and oxygen atoms in total. The molecular weight excluding hydrogens is 240 g/mol.